The highest BCUT2D eigenvalue weighted by molar-refractivity contribution is 5.96. The van der Waals surface area contributed by atoms with Crippen molar-refractivity contribution in [3.05, 3.63) is 29.6 Å². The number of carbonyl (C=O) groups excluding carboxylic acids is 1. The zero-order chi connectivity index (χ0) is 14.4. The van der Waals surface area contributed by atoms with Crippen molar-refractivity contribution in [3.63, 3.8) is 0 Å². The average molecular weight is 265 g/mol. The van der Waals surface area contributed by atoms with Gasteiger partial charge in [0.1, 0.15) is 5.69 Å². The largest absolute Gasteiger partial charge is 0.409 e. The third-order valence-corrected chi connectivity index (χ3v) is 2.65. The van der Waals surface area contributed by atoms with E-state index in [1.54, 1.807) is 39.3 Å². The van der Waals surface area contributed by atoms with Gasteiger partial charge in [0, 0.05) is 26.8 Å². The first-order chi connectivity index (χ1) is 8.97. The number of amides is 1. The number of nitrogens with one attached hydrogen (secondary N) is 1. The van der Waals surface area contributed by atoms with Gasteiger partial charge in [0.25, 0.3) is 0 Å². The molecule has 7 heteroatoms. The van der Waals surface area contributed by atoms with Gasteiger partial charge < -0.3 is 21.2 Å². The van der Waals surface area contributed by atoms with Gasteiger partial charge in [-0.2, -0.15) is 0 Å². The summed E-state index contributed by atoms with van der Waals surface area (Å²) in [4.78, 5) is 17.3. The maximum Gasteiger partial charge on any atom is 0.238 e. The van der Waals surface area contributed by atoms with E-state index in [4.69, 9.17) is 10.9 Å². The van der Waals surface area contributed by atoms with Gasteiger partial charge in [-0.1, -0.05) is 11.2 Å². The third kappa shape index (κ3) is 3.92. The van der Waals surface area contributed by atoms with Crippen molar-refractivity contribution >= 4 is 11.7 Å². The molecule has 0 aromatic carbocycles. The first kappa shape index (κ1) is 14.9. The van der Waals surface area contributed by atoms with Gasteiger partial charge in [0.15, 0.2) is 5.84 Å². The van der Waals surface area contributed by atoms with Crippen molar-refractivity contribution < 1.29 is 10.0 Å². The number of hydrogen-bond acceptors (Lipinski definition) is 5. The molecule has 7 nitrogen and oxygen atoms in total. The normalized spacial score (nSPS) is 13.1. The van der Waals surface area contributed by atoms with Crippen LogP contribution in [-0.4, -0.2) is 47.0 Å². The molecule has 4 N–H and O–H groups in total. The lowest BCUT2D eigenvalue weighted by atomic mass is 10.1. The molecule has 1 aromatic heterocycles. The topological polar surface area (TPSA) is 104 Å². The lowest BCUT2D eigenvalue weighted by Gasteiger charge is -2.18. The van der Waals surface area contributed by atoms with Gasteiger partial charge in [-0.25, -0.2) is 0 Å². The second-order valence-electron chi connectivity index (χ2n) is 4.33. The van der Waals surface area contributed by atoms with Crippen LogP contribution in [0.1, 0.15) is 18.2 Å². The molecule has 0 spiro atoms. The number of rotatable bonds is 5. The molecular formula is C12H19N5O2. The van der Waals surface area contributed by atoms with Crippen LogP contribution in [0.4, 0.5) is 0 Å². The van der Waals surface area contributed by atoms with Crippen molar-refractivity contribution in [2.75, 3.05) is 14.1 Å². The van der Waals surface area contributed by atoms with Gasteiger partial charge in [-0.05, 0) is 18.6 Å². The fourth-order valence-electron chi connectivity index (χ4n) is 1.60. The number of pyridine rings is 1. The summed E-state index contributed by atoms with van der Waals surface area (Å²) in [6, 6.07) is 3.24. The summed E-state index contributed by atoms with van der Waals surface area (Å²) in [6.07, 6.45) is 1.56. The van der Waals surface area contributed by atoms with E-state index in [0.717, 1.165) is 5.56 Å². The highest BCUT2D eigenvalue weighted by Crippen LogP contribution is 2.05. The van der Waals surface area contributed by atoms with Gasteiger partial charge >= 0.3 is 0 Å². The van der Waals surface area contributed by atoms with E-state index in [1.807, 2.05) is 0 Å². The van der Waals surface area contributed by atoms with Crippen molar-refractivity contribution in [1.29, 1.82) is 0 Å². The fourth-order valence-corrected chi connectivity index (χ4v) is 1.60. The van der Waals surface area contributed by atoms with Crippen LogP contribution in [0.15, 0.2) is 23.5 Å². The van der Waals surface area contributed by atoms with Crippen LogP contribution >= 0.6 is 0 Å². The monoisotopic (exact) mass is 265 g/mol. The Bertz CT molecular complexity index is 473. The molecule has 1 atom stereocenters. The number of hydrogen-bond donors (Lipinski definition) is 3. The second kappa shape index (κ2) is 6.69. The molecule has 1 amide bonds. The van der Waals surface area contributed by atoms with Crippen LogP contribution in [0.2, 0.25) is 0 Å². The van der Waals surface area contributed by atoms with Gasteiger partial charge in [-0.15, -0.1) is 0 Å². The predicted octanol–water partition coefficient (Wildman–Crippen LogP) is -0.258. The molecule has 1 heterocycles. The number of likely N-dealkylation sites (N-methyl/N-ethyl adjacent to an activating group) is 1. The SMILES string of the molecule is CC(NCc1cccnc1C(N)=NO)C(=O)N(C)C. The van der Waals surface area contributed by atoms with Crippen molar-refractivity contribution in [2.24, 2.45) is 10.9 Å². The lowest BCUT2D eigenvalue weighted by Crippen LogP contribution is -2.41. The van der Waals surface area contributed by atoms with E-state index >= 15 is 0 Å². The van der Waals surface area contributed by atoms with E-state index in [9.17, 15) is 4.79 Å². The zero-order valence-electron chi connectivity index (χ0n) is 11.3. The minimum atomic E-state index is -0.324. The van der Waals surface area contributed by atoms with Crippen LogP contribution in [0.25, 0.3) is 0 Å². The predicted molar refractivity (Wildman–Crippen MR) is 71.7 cm³/mol. The highest BCUT2D eigenvalue weighted by Gasteiger charge is 2.15. The molecular weight excluding hydrogens is 246 g/mol. The van der Waals surface area contributed by atoms with Gasteiger partial charge in [-0.3, -0.25) is 9.78 Å². The molecule has 1 rings (SSSR count). The lowest BCUT2D eigenvalue weighted by molar-refractivity contribution is -0.130. The molecule has 0 bridgehead atoms. The molecule has 0 aliphatic carbocycles. The van der Waals surface area contributed by atoms with Crippen LogP contribution in [0.3, 0.4) is 0 Å². The van der Waals surface area contributed by atoms with Crippen molar-refractivity contribution in [3.8, 4) is 0 Å². The maximum absolute atomic E-state index is 11.7. The molecule has 0 aliphatic rings. The van der Waals surface area contributed by atoms with E-state index in [2.05, 4.69) is 15.5 Å². The van der Waals surface area contributed by atoms with E-state index in [-0.39, 0.29) is 17.8 Å². The quantitative estimate of drug-likeness (QED) is 0.294. The van der Waals surface area contributed by atoms with E-state index < -0.39 is 0 Å². The summed E-state index contributed by atoms with van der Waals surface area (Å²) >= 11 is 0. The third-order valence-electron chi connectivity index (χ3n) is 2.65. The first-order valence-corrected chi connectivity index (χ1v) is 5.83. The first-order valence-electron chi connectivity index (χ1n) is 5.83. The number of nitrogens with zero attached hydrogens (tertiary/aromatic N) is 3. The second-order valence-corrected chi connectivity index (χ2v) is 4.33. The summed E-state index contributed by atoms with van der Waals surface area (Å²) in [5.74, 6) is -0.0711. The molecule has 0 radical (unpaired) electrons. The molecule has 0 aliphatic heterocycles. The summed E-state index contributed by atoms with van der Waals surface area (Å²) in [7, 11) is 3.40. The molecule has 19 heavy (non-hydrogen) atoms. The van der Waals surface area contributed by atoms with E-state index in [0.29, 0.717) is 12.2 Å². The zero-order valence-corrected chi connectivity index (χ0v) is 11.3. The van der Waals surface area contributed by atoms with Crippen LogP contribution in [-0.2, 0) is 11.3 Å². The minimum Gasteiger partial charge on any atom is -0.409 e. The Balaban J connectivity index is 2.76. The molecule has 1 aromatic rings. The number of amidine groups is 1. The summed E-state index contributed by atoms with van der Waals surface area (Å²) < 4.78 is 0. The maximum atomic E-state index is 11.7. The summed E-state index contributed by atoms with van der Waals surface area (Å²) in [5, 5.41) is 14.7. The van der Waals surface area contributed by atoms with Crippen LogP contribution in [0, 0.1) is 0 Å². The molecule has 0 saturated carbocycles. The van der Waals surface area contributed by atoms with Gasteiger partial charge in [0.05, 0.1) is 6.04 Å². The minimum absolute atomic E-state index is 0.0192. The number of aromatic nitrogens is 1. The Hall–Kier alpha value is -2.15. The number of oxime groups is 1. The molecule has 0 saturated heterocycles. The fraction of sp³-hybridized carbons (Fsp3) is 0.417. The number of nitrogens with two attached hydrogens (primary N) is 1. The van der Waals surface area contributed by atoms with Crippen LogP contribution < -0.4 is 11.1 Å². The number of carbonyl (C=O) groups is 1. The highest BCUT2D eigenvalue weighted by atomic mass is 16.4. The Morgan fingerprint density at radius 2 is 2.32 bits per heavy atom. The molecule has 1 unspecified atom stereocenters. The van der Waals surface area contributed by atoms with Gasteiger partial charge in [0.2, 0.25) is 5.91 Å². The summed E-state index contributed by atoms with van der Waals surface area (Å²) in [5.41, 5.74) is 6.71. The van der Waals surface area contributed by atoms with Crippen molar-refractivity contribution in [2.45, 2.75) is 19.5 Å². The molecule has 0 fully saturated rings. The van der Waals surface area contributed by atoms with Crippen molar-refractivity contribution in [1.82, 2.24) is 15.2 Å². The Kier molecular flexibility index (Phi) is 5.25. The Labute approximate surface area is 112 Å². The average Bonchev–Trinajstić information content (AvgIpc) is 2.43. The standard InChI is InChI=1S/C12H19N5O2/c1-8(12(18)17(2)3)15-7-9-5-4-6-14-10(9)11(13)16-19/h4-6,8,15,19H,7H2,1-3H3,(H2,13,16). The van der Waals surface area contributed by atoms with Crippen LogP contribution in [0.5, 0.6) is 0 Å². The smallest absolute Gasteiger partial charge is 0.238 e. The Morgan fingerprint density at radius 3 is 2.89 bits per heavy atom. The molecule has 104 valence electrons. The summed E-state index contributed by atoms with van der Waals surface area (Å²) in [6.45, 7) is 2.18. The van der Waals surface area contributed by atoms with E-state index in [1.165, 1.54) is 4.90 Å². The Morgan fingerprint density at radius 1 is 1.63 bits per heavy atom.